The smallest absolute Gasteiger partial charge is 0.748 e. The largest absolute Gasteiger partial charge is 1.00 e. The molecule has 0 aliphatic rings. The molecule has 1 N–H and O–H groups in total. The molecule has 0 saturated carbocycles. The molecule has 0 aromatic heterocycles. The van der Waals surface area contributed by atoms with Crippen molar-refractivity contribution in [3.05, 3.63) is 0 Å². The maximum absolute atomic E-state index is 11.2. The van der Waals surface area contributed by atoms with Gasteiger partial charge in [-0.2, -0.15) is 0 Å². The Morgan fingerprint density at radius 3 is 1.50 bits per heavy atom. The third-order valence-corrected chi connectivity index (χ3v) is 6.76. The molecular formula is C22H45NaO4S. The van der Waals surface area contributed by atoms with Crippen LogP contribution in [-0.2, 0) is 10.1 Å². The minimum absolute atomic E-state index is 0. The summed E-state index contributed by atoms with van der Waals surface area (Å²) in [6, 6.07) is 0. The van der Waals surface area contributed by atoms with Gasteiger partial charge in [0.25, 0.3) is 0 Å². The number of unbranched alkanes of at least 4 members (excludes halogenated alkanes) is 11. The summed E-state index contributed by atoms with van der Waals surface area (Å²) >= 11 is 0. The van der Waals surface area contributed by atoms with Gasteiger partial charge in [-0.05, 0) is 32.1 Å². The summed E-state index contributed by atoms with van der Waals surface area (Å²) in [4.78, 5) is 0. The summed E-state index contributed by atoms with van der Waals surface area (Å²) in [6.45, 7) is 4.14. The number of aliphatic hydroxyl groups is 1. The van der Waals surface area contributed by atoms with Crippen LogP contribution in [0.25, 0.3) is 0 Å². The van der Waals surface area contributed by atoms with Gasteiger partial charge in [-0.1, -0.05) is 97.3 Å². The maximum atomic E-state index is 11.2. The fourth-order valence-corrected chi connectivity index (χ4v) is 4.68. The Morgan fingerprint density at radius 1 is 0.643 bits per heavy atom. The molecule has 2 unspecified atom stereocenters. The Kier molecular flexibility index (Phi) is 23.4. The zero-order chi connectivity index (χ0) is 20.4. The number of rotatable bonds is 20. The number of aliphatic hydroxyl groups excluding tert-OH is 1. The van der Waals surface area contributed by atoms with Crippen molar-refractivity contribution in [3.63, 3.8) is 0 Å². The third kappa shape index (κ3) is 20.2. The molecule has 0 spiro atoms. The van der Waals surface area contributed by atoms with Crippen molar-refractivity contribution in [2.24, 2.45) is 0 Å². The molecule has 0 aliphatic carbocycles. The zero-order valence-corrected chi connectivity index (χ0v) is 21.8. The molecule has 0 aromatic carbocycles. The van der Waals surface area contributed by atoms with Crippen molar-refractivity contribution >= 4 is 10.1 Å². The van der Waals surface area contributed by atoms with E-state index < -0.39 is 15.4 Å². The Bertz CT molecular complexity index is 415. The van der Waals surface area contributed by atoms with E-state index in [4.69, 9.17) is 0 Å². The second kappa shape index (κ2) is 21.1. The van der Waals surface area contributed by atoms with Crippen molar-refractivity contribution < 1.29 is 47.6 Å². The van der Waals surface area contributed by atoms with Crippen molar-refractivity contribution in [2.75, 3.05) is 0 Å². The molecule has 164 valence electrons. The van der Waals surface area contributed by atoms with E-state index in [0.717, 1.165) is 12.8 Å². The van der Waals surface area contributed by atoms with Crippen LogP contribution in [0.3, 0.4) is 0 Å². The fourth-order valence-electron chi connectivity index (χ4n) is 3.70. The topological polar surface area (TPSA) is 77.4 Å². The molecule has 0 rings (SSSR count). The molecule has 0 aliphatic heterocycles. The molecule has 0 heterocycles. The van der Waals surface area contributed by atoms with E-state index in [1.165, 1.54) is 70.6 Å². The SMILES string of the molecule is CCCCCCCCCCCCCCC(O)CCCC(CCC)S(=O)(=O)[O-].[Na+]. The summed E-state index contributed by atoms with van der Waals surface area (Å²) in [5, 5.41) is 9.25. The van der Waals surface area contributed by atoms with E-state index in [-0.39, 0.29) is 35.7 Å². The molecule has 28 heavy (non-hydrogen) atoms. The monoisotopic (exact) mass is 428 g/mol. The van der Waals surface area contributed by atoms with Gasteiger partial charge in [0.05, 0.1) is 16.2 Å². The number of hydrogen-bond donors (Lipinski definition) is 1. The average molecular weight is 429 g/mol. The number of hydrogen-bond acceptors (Lipinski definition) is 4. The molecule has 6 heteroatoms. The standard InChI is InChI=1S/C22H46O4S.Na/c1-3-5-6-7-8-9-10-11-12-13-14-15-18-21(23)19-16-20-22(17-4-2)27(24,25)26;/h21-23H,3-20H2,1-2H3,(H,24,25,26);/q;+1/p-1. The van der Waals surface area contributed by atoms with Crippen LogP contribution in [0.1, 0.15) is 129 Å². The van der Waals surface area contributed by atoms with Gasteiger partial charge in [0, 0.05) is 5.25 Å². The van der Waals surface area contributed by atoms with E-state index in [1.54, 1.807) is 0 Å². The third-order valence-electron chi connectivity index (χ3n) is 5.47. The van der Waals surface area contributed by atoms with Crippen LogP contribution >= 0.6 is 0 Å². The van der Waals surface area contributed by atoms with Gasteiger partial charge in [0.1, 0.15) is 0 Å². The van der Waals surface area contributed by atoms with Gasteiger partial charge in [-0.3, -0.25) is 0 Å². The predicted octanol–water partition coefficient (Wildman–Crippen LogP) is 3.33. The quantitative estimate of drug-likeness (QED) is 0.183. The normalized spacial score (nSPS) is 13.9. The molecule has 0 saturated heterocycles. The molecule has 0 bridgehead atoms. The van der Waals surface area contributed by atoms with Crippen LogP contribution in [0.2, 0.25) is 0 Å². The molecule has 2 atom stereocenters. The Morgan fingerprint density at radius 2 is 1.07 bits per heavy atom. The van der Waals surface area contributed by atoms with E-state index >= 15 is 0 Å². The summed E-state index contributed by atoms with van der Waals surface area (Å²) in [5.41, 5.74) is 0. The molecular weight excluding hydrogens is 383 g/mol. The van der Waals surface area contributed by atoms with Crippen molar-refractivity contribution in [2.45, 2.75) is 141 Å². The molecule has 0 fully saturated rings. The van der Waals surface area contributed by atoms with Crippen LogP contribution in [0.15, 0.2) is 0 Å². The Labute approximate surface area is 197 Å². The first kappa shape index (κ1) is 31.1. The second-order valence-electron chi connectivity index (χ2n) is 8.17. The van der Waals surface area contributed by atoms with Gasteiger partial charge >= 0.3 is 29.6 Å². The average Bonchev–Trinajstić information content (AvgIpc) is 2.61. The predicted molar refractivity (Wildman–Crippen MR) is 114 cm³/mol. The van der Waals surface area contributed by atoms with E-state index in [2.05, 4.69) is 6.92 Å². The second-order valence-corrected chi connectivity index (χ2v) is 9.82. The summed E-state index contributed by atoms with van der Waals surface area (Å²) in [6.07, 6.45) is 18.9. The van der Waals surface area contributed by atoms with E-state index in [1.807, 2.05) is 6.92 Å². The first-order chi connectivity index (χ1) is 12.9. The van der Waals surface area contributed by atoms with Crippen molar-refractivity contribution in [3.8, 4) is 0 Å². The Hall–Kier alpha value is 0.870. The first-order valence-electron chi connectivity index (χ1n) is 11.5. The van der Waals surface area contributed by atoms with Gasteiger partial charge in [-0.15, -0.1) is 0 Å². The van der Waals surface area contributed by atoms with Gasteiger partial charge in [-0.25, -0.2) is 8.42 Å². The minimum Gasteiger partial charge on any atom is -0.748 e. The first-order valence-corrected chi connectivity index (χ1v) is 13.0. The van der Waals surface area contributed by atoms with E-state index in [9.17, 15) is 18.1 Å². The molecule has 0 amide bonds. The van der Waals surface area contributed by atoms with Gasteiger partial charge < -0.3 is 9.66 Å². The van der Waals surface area contributed by atoms with Crippen LogP contribution in [0.4, 0.5) is 0 Å². The van der Waals surface area contributed by atoms with E-state index in [0.29, 0.717) is 32.1 Å². The van der Waals surface area contributed by atoms with Crippen LogP contribution in [0, 0.1) is 0 Å². The summed E-state index contributed by atoms with van der Waals surface area (Å²) < 4.78 is 33.5. The minimum atomic E-state index is -4.20. The molecule has 0 aromatic rings. The molecule has 0 radical (unpaired) electrons. The van der Waals surface area contributed by atoms with Crippen molar-refractivity contribution in [1.29, 1.82) is 0 Å². The summed E-state index contributed by atoms with van der Waals surface area (Å²) in [5.74, 6) is 0. The van der Waals surface area contributed by atoms with Gasteiger partial charge in [0.15, 0.2) is 0 Å². The Balaban J connectivity index is 0. The van der Waals surface area contributed by atoms with Crippen LogP contribution in [0.5, 0.6) is 0 Å². The van der Waals surface area contributed by atoms with Crippen LogP contribution in [-0.4, -0.2) is 29.4 Å². The maximum Gasteiger partial charge on any atom is 1.00 e. The molecule has 4 nitrogen and oxygen atoms in total. The van der Waals surface area contributed by atoms with Crippen LogP contribution < -0.4 is 29.6 Å². The fraction of sp³-hybridized carbons (Fsp3) is 1.00. The van der Waals surface area contributed by atoms with Crippen molar-refractivity contribution in [1.82, 2.24) is 0 Å². The zero-order valence-electron chi connectivity index (χ0n) is 19.0. The summed E-state index contributed by atoms with van der Waals surface area (Å²) in [7, 11) is -4.20. The van der Waals surface area contributed by atoms with Gasteiger partial charge in [0.2, 0.25) is 0 Å².